The number of alkyl halides is 41. The molecule has 0 aliphatic heterocycles. The van der Waals surface area contributed by atoms with E-state index in [1.165, 1.54) is 0 Å². The summed E-state index contributed by atoms with van der Waals surface area (Å²) in [4.78, 5) is 0. The first-order chi connectivity index (χ1) is 25.4. The Labute approximate surface area is 300 Å². The molecule has 0 aromatic heterocycles. The van der Waals surface area contributed by atoms with Gasteiger partial charge in [0.1, 0.15) is 0 Å². The Hall–Kier alpha value is -2.87. The van der Waals surface area contributed by atoms with Crippen LogP contribution in [-0.2, 0) is 0 Å². The molecule has 0 aromatic carbocycles. The molecule has 0 aliphatic carbocycles. The predicted octanol–water partition coefficient (Wildman–Crippen LogP) is 13.2. The Kier molecular flexibility index (Phi) is 13.2. The van der Waals surface area contributed by atoms with Crippen LogP contribution in [0.3, 0.4) is 0 Å². The highest BCUT2D eigenvalue weighted by molar-refractivity contribution is 5.23. The van der Waals surface area contributed by atoms with Crippen molar-refractivity contribution >= 4 is 0 Å². The van der Waals surface area contributed by atoms with Crippen molar-refractivity contribution < 1.29 is 180 Å². The highest BCUT2D eigenvalue weighted by Gasteiger charge is 3.03. The zero-order valence-corrected chi connectivity index (χ0v) is 25.6. The van der Waals surface area contributed by atoms with Gasteiger partial charge >= 0.3 is 119 Å². The summed E-state index contributed by atoms with van der Waals surface area (Å²) in [5.41, 5.74) is 0. The zero-order chi connectivity index (χ0) is 51.1. The van der Waals surface area contributed by atoms with Gasteiger partial charge in [0.05, 0.1) is 0 Å². The molecule has 0 atom stereocenters. The summed E-state index contributed by atoms with van der Waals surface area (Å²) in [5.74, 6) is -180. The van der Waals surface area contributed by atoms with Gasteiger partial charge in [-0.05, 0) is 0 Å². The molecular formula is C20HF41. The van der Waals surface area contributed by atoms with E-state index >= 15 is 0 Å². The minimum absolute atomic E-state index is 6.61. The number of hydrogen-bond acceptors (Lipinski definition) is 0. The lowest BCUT2D eigenvalue weighted by molar-refractivity contribution is -0.495. The summed E-state index contributed by atoms with van der Waals surface area (Å²) < 4.78 is 548. The minimum Gasteiger partial charge on any atom is -0.203 e. The lowest BCUT2D eigenvalue weighted by Gasteiger charge is -2.47. The maximum Gasteiger partial charge on any atom is 0.460 e. The molecule has 0 spiro atoms. The SMILES string of the molecule is FC(F)C(F)(F)C(F)(F)C(F)(F)C(F)(F)C(F)(F)C(F)(F)C(F)(F)C(F)(F)C(F)(F)C(F)(F)C(F)(F)C(F)(F)C(F)(F)C(F)(F)C(F)(F)C(F)(F)C(F)(F)C(F)(F)C(F)(F)F. The molecule has 0 unspecified atom stereocenters. The van der Waals surface area contributed by atoms with Crippen LogP contribution >= 0.6 is 0 Å². The summed E-state index contributed by atoms with van der Waals surface area (Å²) in [6, 6.07) is 0. The molecule has 61 heavy (non-hydrogen) atoms. The Morgan fingerprint density at radius 1 is 0.148 bits per heavy atom. The lowest BCUT2D eigenvalue weighted by Crippen LogP contribution is -2.80. The van der Waals surface area contributed by atoms with Crippen LogP contribution in [0.15, 0.2) is 0 Å². The van der Waals surface area contributed by atoms with Crippen molar-refractivity contribution in [2.75, 3.05) is 0 Å². The number of halogens is 41. The average molecular weight is 1020 g/mol. The third kappa shape index (κ3) is 6.37. The maximum atomic E-state index is 13.9. The van der Waals surface area contributed by atoms with Crippen LogP contribution in [0.5, 0.6) is 0 Å². The van der Waals surface area contributed by atoms with E-state index in [2.05, 4.69) is 0 Å². The summed E-state index contributed by atoms with van der Waals surface area (Å²) in [5, 5.41) is 0. The van der Waals surface area contributed by atoms with Crippen LogP contribution in [0.1, 0.15) is 0 Å². The fourth-order valence-electron chi connectivity index (χ4n) is 3.48. The monoisotopic (exact) mass is 1020 g/mol. The molecule has 0 nitrogen and oxygen atoms in total. The molecule has 0 saturated heterocycles. The van der Waals surface area contributed by atoms with E-state index in [4.69, 9.17) is 0 Å². The van der Waals surface area contributed by atoms with Crippen molar-refractivity contribution in [1.82, 2.24) is 0 Å². The van der Waals surface area contributed by atoms with Crippen molar-refractivity contribution in [2.24, 2.45) is 0 Å². The maximum absolute atomic E-state index is 13.9. The third-order valence-corrected chi connectivity index (χ3v) is 7.36. The molecule has 41 heteroatoms. The van der Waals surface area contributed by atoms with Crippen LogP contribution in [0.25, 0.3) is 0 Å². The van der Waals surface area contributed by atoms with Gasteiger partial charge in [0, 0.05) is 0 Å². The zero-order valence-electron chi connectivity index (χ0n) is 25.6. The first-order valence-corrected chi connectivity index (χ1v) is 12.6. The fourth-order valence-corrected chi connectivity index (χ4v) is 3.48. The second-order valence-corrected chi connectivity index (χ2v) is 11.2. The molecule has 0 aromatic rings. The second kappa shape index (κ2) is 13.8. The molecule has 0 amide bonds. The van der Waals surface area contributed by atoms with Crippen molar-refractivity contribution in [1.29, 1.82) is 0 Å². The van der Waals surface area contributed by atoms with Gasteiger partial charge in [0.25, 0.3) is 0 Å². The molecule has 368 valence electrons. The van der Waals surface area contributed by atoms with E-state index in [0.717, 1.165) is 0 Å². The van der Waals surface area contributed by atoms with Crippen molar-refractivity contribution in [3.63, 3.8) is 0 Å². The first-order valence-electron chi connectivity index (χ1n) is 12.6. The minimum atomic E-state index is -10.6. The van der Waals surface area contributed by atoms with E-state index in [1.54, 1.807) is 0 Å². The van der Waals surface area contributed by atoms with E-state index in [1.807, 2.05) is 0 Å². The Bertz CT molecular complexity index is 1580. The predicted molar refractivity (Wildman–Crippen MR) is 101 cm³/mol. The Morgan fingerprint density at radius 3 is 0.344 bits per heavy atom. The van der Waals surface area contributed by atoms with E-state index in [9.17, 15) is 180 Å². The highest BCUT2D eigenvalue weighted by atomic mass is 19.4. The second-order valence-electron chi connectivity index (χ2n) is 11.2. The quantitative estimate of drug-likeness (QED) is 0.120. The van der Waals surface area contributed by atoms with Crippen LogP contribution in [0.4, 0.5) is 180 Å². The fraction of sp³-hybridized carbons (Fsp3) is 1.00. The van der Waals surface area contributed by atoms with Crippen LogP contribution in [-0.4, -0.2) is 119 Å². The van der Waals surface area contributed by atoms with Gasteiger partial charge in [-0.3, -0.25) is 0 Å². The van der Waals surface area contributed by atoms with Gasteiger partial charge in [-0.25, -0.2) is 8.78 Å². The molecule has 0 radical (unpaired) electrons. The van der Waals surface area contributed by atoms with Crippen molar-refractivity contribution in [2.45, 2.75) is 119 Å². The van der Waals surface area contributed by atoms with E-state index < -0.39 is 119 Å². The van der Waals surface area contributed by atoms with Crippen molar-refractivity contribution in [3.8, 4) is 0 Å². The van der Waals surface area contributed by atoms with Gasteiger partial charge in [-0.1, -0.05) is 0 Å². The molecule has 0 rings (SSSR count). The average Bonchev–Trinajstić information content (AvgIpc) is 3.02. The smallest absolute Gasteiger partial charge is 0.203 e. The van der Waals surface area contributed by atoms with Crippen LogP contribution in [0, 0.1) is 0 Å². The molecule has 0 aliphatic rings. The molecular weight excluding hydrogens is 1020 g/mol. The molecule has 0 N–H and O–H groups in total. The summed E-state index contributed by atoms with van der Waals surface area (Å²) in [7, 11) is 0. The summed E-state index contributed by atoms with van der Waals surface area (Å²) in [6.07, 6.45) is -15.1. The number of hydrogen-bond donors (Lipinski definition) is 0. The highest BCUT2D eigenvalue weighted by Crippen LogP contribution is 2.71. The van der Waals surface area contributed by atoms with Gasteiger partial charge in [-0.2, -0.15) is 171 Å². The Morgan fingerprint density at radius 2 is 0.246 bits per heavy atom. The van der Waals surface area contributed by atoms with E-state index in [-0.39, 0.29) is 0 Å². The van der Waals surface area contributed by atoms with Crippen LogP contribution < -0.4 is 0 Å². The third-order valence-electron chi connectivity index (χ3n) is 7.36. The molecule has 0 bridgehead atoms. The standard InChI is InChI=1S/C20HF41/c21-1(22)2(23,24)3(25,26)4(27,28)5(29,30)6(31,32)7(33,34)8(35,36)9(37,38)10(39,40)11(41,42)12(43,44)13(45,46)14(47,48)15(49,50)16(51,52)17(53,54)18(55,56)19(57,58)20(59,60)61/h1H. The molecule has 0 fully saturated rings. The summed E-state index contributed by atoms with van der Waals surface area (Å²) in [6.45, 7) is 0. The van der Waals surface area contributed by atoms with Gasteiger partial charge < -0.3 is 0 Å². The lowest BCUT2D eigenvalue weighted by atomic mass is 9.82. The van der Waals surface area contributed by atoms with Crippen molar-refractivity contribution in [3.05, 3.63) is 0 Å². The number of rotatable bonds is 18. The summed E-state index contributed by atoms with van der Waals surface area (Å²) >= 11 is 0. The van der Waals surface area contributed by atoms with Gasteiger partial charge in [0.15, 0.2) is 0 Å². The molecule has 0 saturated carbocycles. The normalized spacial score (nSPS) is 17.4. The first kappa shape index (κ1) is 58.1. The molecule has 0 heterocycles. The van der Waals surface area contributed by atoms with Crippen LogP contribution in [0.2, 0.25) is 0 Å². The largest absolute Gasteiger partial charge is 0.460 e. The van der Waals surface area contributed by atoms with E-state index in [0.29, 0.717) is 0 Å². The Balaban J connectivity index is 7.95. The van der Waals surface area contributed by atoms with Gasteiger partial charge in [-0.15, -0.1) is 0 Å². The van der Waals surface area contributed by atoms with Gasteiger partial charge in [0.2, 0.25) is 0 Å². The topological polar surface area (TPSA) is 0 Å².